The number of rotatable bonds is 5. The molecule has 2 heterocycles. The van der Waals surface area contributed by atoms with Crippen molar-refractivity contribution < 1.29 is 19.2 Å². The lowest BCUT2D eigenvalue weighted by atomic mass is 10.1. The maximum Gasteiger partial charge on any atom is 0.267 e. The van der Waals surface area contributed by atoms with E-state index in [1.165, 1.54) is 22.0 Å². The molecule has 1 amide bonds. The van der Waals surface area contributed by atoms with Gasteiger partial charge >= 0.3 is 0 Å². The van der Waals surface area contributed by atoms with Gasteiger partial charge in [-0.15, -0.1) is 5.10 Å². The molecule has 0 unspecified atom stereocenters. The Kier molecular flexibility index (Phi) is 5.50. The molecule has 1 aromatic carbocycles. The standard InChI is InChI=1S/C17H22N4O3S/c1-12-16(25-19-18-12)17(22)21-8-6-20(7-9-21)11-13-4-5-14(23-2)15(10-13)24-3/h4-5,10H,6-9,11H2,1-3H3/p+1. The van der Waals surface area contributed by atoms with Gasteiger partial charge in [0.15, 0.2) is 11.5 Å². The number of nitrogens with one attached hydrogen (secondary N) is 1. The van der Waals surface area contributed by atoms with E-state index >= 15 is 0 Å². The first kappa shape index (κ1) is 17.6. The summed E-state index contributed by atoms with van der Waals surface area (Å²) in [5.41, 5.74) is 1.92. The van der Waals surface area contributed by atoms with Crippen LogP contribution in [0.15, 0.2) is 18.2 Å². The fourth-order valence-electron chi connectivity index (χ4n) is 3.05. The third kappa shape index (κ3) is 3.91. The zero-order chi connectivity index (χ0) is 17.8. The fraction of sp³-hybridized carbons (Fsp3) is 0.471. The highest BCUT2D eigenvalue weighted by Gasteiger charge is 2.27. The first-order chi connectivity index (χ1) is 12.1. The molecule has 7 nitrogen and oxygen atoms in total. The van der Waals surface area contributed by atoms with Crippen molar-refractivity contribution in [1.82, 2.24) is 14.5 Å². The van der Waals surface area contributed by atoms with E-state index in [0.717, 1.165) is 49.9 Å². The number of aromatic nitrogens is 2. The van der Waals surface area contributed by atoms with Gasteiger partial charge in [-0.3, -0.25) is 4.79 Å². The van der Waals surface area contributed by atoms with Crippen molar-refractivity contribution >= 4 is 17.4 Å². The van der Waals surface area contributed by atoms with Gasteiger partial charge in [-0.2, -0.15) is 0 Å². The Balaban J connectivity index is 1.58. The number of amides is 1. The third-order valence-corrected chi connectivity index (χ3v) is 5.32. The number of carbonyl (C=O) groups excluding carboxylic acids is 1. The monoisotopic (exact) mass is 363 g/mol. The molecule has 0 atom stereocenters. The zero-order valence-electron chi connectivity index (χ0n) is 14.7. The zero-order valence-corrected chi connectivity index (χ0v) is 15.6. The van der Waals surface area contributed by atoms with Gasteiger partial charge in [-0.25, -0.2) is 0 Å². The van der Waals surface area contributed by atoms with E-state index in [1.807, 2.05) is 24.0 Å². The Labute approximate surface area is 151 Å². The summed E-state index contributed by atoms with van der Waals surface area (Å²) in [5, 5.41) is 3.93. The molecule has 0 aliphatic carbocycles. The molecule has 0 spiro atoms. The molecule has 1 N–H and O–H groups in total. The minimum absolute atomic E-state index is 0.0534. The molecule has 1 fully saturated rings. The average Bonchev–Trinajstić information content (AvgIpc) is 3.07. The van der Waals surface area contributed by atoms with E-state index in [0.29, 0.717) is 4.88 Å². The van der Waals surface area contributed by atoms with E-state index in [4.69, 9.17) is 9.47 Å². The van der Waals surface area contributed by atoms with Gasteiger partial charge in [0, 0.05) is 5.56 Å². The Hall–Kier alpha value is -2.19. The van der Waals surface area contributed by atoms with E-state index in [-0.39, 0.29) is 5.91 Å². The van der Waals surface area contributed by atoms with Crippen molar-refractivity contribution in [3.8, 4) is 11.5 Å². The van der Waals surface area contributed by atoms with Crippen LogP contribution in [-0.4, -0.2) is 60.8 Å². The van der Waals surface area contributed by atoms with E-state index in [9.17, 15) is 4.79 Å². The number of hydrogen-bond donors (Lipinski definition) is 1. The molecule has 134 valence electrons. The lowest BCUT2D eigenvalue weighted by molar-refractivity contribution is -0.917. The maximum absolute atomic E-state index is 12.5. The van der Waals surface area contributed by atoms with Crippen LogP contribution in [-0.2, 0) is 6.54 Å². The normalized spacial score (nSPS) is 15.2. The molecular weight excluding hydrogens is 340 g/mol. The highest BCUT2D eigenvalue weighted by molar-refractivity contribution is 7.07. The van der Waals surface area contributed by atoms with Gasteiger partial charge < -0.3 is 19.3 Å². The summed E-state index contributed by atoms with van der Waals surface area (Å²) in [5.74, 6) is 1.55. The van der Waals surface area contributed by atoms with Crippen molar-refractivity contribution in [3.05, 3.63) is 34.3 Å². The van der Waals surface area contributed by atoms with Crippen LogP contribution in [0, 0.1) is 6.92 Å². The fourth-order valence-corrected chi connectivity index (χ4v) is 3.68. The number of piperazine rings is 1. The summed E-state index contributed by atoms with van der Waals surface area (Å²) in [6, 6.07) is 6.03. The second kappa shape index (κ2) is 7.79. The molecule has 2 aromatic rings. The lowest BCUT2D eigenvalue weighted by Gasteiger charge is -2.32. The van der Waals surface area contributed by atoms with Gasteiger partial charge in [0.25, 0.3) is 5.91 Å². The number of carbonyl (C=O) groups is 1. The Morgan fingerprint density at radius 1 is 1.24 bits per heavy atom. The largest absolute Gasteiger partial charge is 0.493 e. The molecule has 0 saturated carbocycles. The van der Waals surface area contributed by atoms with Crippen molar-refractivity contribution in [2.45, 2.75) is 13.5 Å². The van der Waals surface area contributed by atoms with E-state index in [2.05, 4.69) is 15.7 Å². The van der Waals surface area contributed by atoms with Crippen LogP contribution in [0.1, 0.15) is 20.9 Å². The molecule has 25 heavy (non-hydrogen) atoms. The molecule has 1 aromatic heterocycles. The van der Waals surface area contributed by atoms with Crippen LogP contribution in [0.4, 0.5) is 0 Å². The van der Waals surface area contributed by atoms with Gasteiger partial charge in [-0.05, 0) is 36.7 Å². The molecule has 3 rings (SSSR count). The second-order valence-corrected chi connectivity index (χ2v) is 6.85. The minimum atomic E-state index is 0.0534. The Morgan fingerprint density at radius 2 is 1.96 bits per heavy atom. The van der Waals surface area contributed by atoms with Crippen LogP contribution in [0.3, 0.4) is 0 Å². The van der Waals surface area contributed by atoms with Crippen LogP contribution >= 0.6 is 11.5 Å². The molecule has 8 heteroatoms. The SMILES string of the molecule is COc1ccc(C[NH+]2CCN(C(=O)c3snnc3C)CC2)cc1OC. The van der Waals surface area contributed by atoms with Crippen molar-refractivity contribution in [2.24, 2.45) is 0 Å². The van der Waals surface area contributed by atoms with Crippen molar-refractivity contribution in [1.29, 1.82) is 0 Å². The number of benzene rings is 1. The lowest BCUT2D eigenvalue weighted by Crippen LogP contribution is -3.13. The molecule has 1 saturated heterocycles. The summed E-state index contributed by atoms with van der Waals surface area (Å²) in [6.45, 7) is 6.08. The number of quaternary nitrogens is 1. The van der Waals surface area contributed by atoms with Gasteiger partial charge in [-0.1, -0.05) is 4.49 Å². The molecular formula is C17H23N4O3S+. The summed E-state index contributed by atoms with van der Waals surface area (Å²) >= 11 is 1.18. The Bertz CT molecular complexity index is 741. The predicted octanol–water partition coefficient (Wildman–Crippen LogP) is 0.405. The summed E-state index contributed by atoms with van der Waals surface area (Å²) in [4.78, 5) is 16.5. The topological polar surface area (TPSA) is 69.0 Å². The predicted molar refractivity (Wildman–Crippen MR) is 94.5 cm³/mol. The number of hydrogen-bond acceptors (Lipinski definition) is 6. The first-order valence-corrected chi connectivity index (χ1v) is 9.02. The van der Waals surface area contributed by atoms with Crippen molar-refractivity contribution in [2.75, 3.05) is 40.4 Å². The molecule has 0 radical (unpaired) electrons. The van der Waals surface area contributed by atoms with Crippen LogP contribution in [0.25, 0.3) is 0 Å². The first-order valence-electron chi connectivity index (χ1n) is 8.25. The van der Waals surface area contributed by atoms with E-state index < -0.39 is 0 Å². The number of ether oxygens (including phenoxy) is 2. The summed E-state index contributed by atoms with van der Waals surface area (Å²) < 4.78 is 14.5. The molecule has 1 aliphatic rings. The summed E-state index contributed by atoms with van der Waals surface area (Å²) in [7, 11) is 3.29. The van der Waals surface area contributed by atoms with Gasteiger partial charge in [0.2, 0.25) is 0 Å². The second-order valence-electron chi connectivity index (χ2n) is 6.10. The number of nitrogens with zero attached hydrogens (tertiary/aromatic N) is 3. The maximum atomic E-state index is 12.5. The minimum Gasteiger partial charge on any atom is -0.493 e. The van der Waals surface area contributed by atoms with Crippen LogP contribution in [0.2, 0.25) is 0 Å². The Morgan fingerprint density at radius 3 is 2.56 bits per heavy atom. The average molecular weight is 363 g/mol. The van der Waals surface area contributed by atoms with Crippen LogP contribution < -0.4 is 14.4 Å². The van der Waals surface area contributed by atoms with Gasteiger partial charge in [0.1, 0.15) is 11.4 Å². The third-order valence-electron chi connectivity index (χ3n) is 4.51. The van der Waals surface area contributed by atoms with E-state index in [1.54, 1.807) is 14.2 Å². The molecule has 1 aliphatic heterocycles. The van der Waals surface area contributed by atoms with Gasteiger partial charge in [0.05, 0.1) is 46.1 Å². The van der Waals surface area contributed by atoms with Crippen molar-refractivity contribution in [3.63, 3.8) is 0 Å². The van der Waals surface area contributed by atoms with Crippen LogP contribution in [0.5, 0.6) is 11.5 Å². The smallest absolute Gasteiger partial charge is 0.267 e. The number of methoxy groups -OCH3 is 2. The highest BCUT2D eigenvalue weighted by atomic mass is 32.1. The molecule has 0 bridgehead atoms. The summed E-state index contributed by atoms with van der Waals surface area (Å²) in [6.07, 6.45) is 0. The number of aryl methyl sites for hydroxylation is 1. The highest BCUT2D eigenvalue weighted by Crippen LogP contribution is 2.27. The quantitative estimate of drug-likeness (QED) is 0.833.